The third-order valence-electron chi connectivity index (χ3n) is 1.88. The van der Waals surface area contributed by atoms with Crippen molar-refractivity contribution in [2.24, 2.45) is 0 Å². The Kier molecular flexibility index (Phi) is 2.17. The Morgan fingerprint density at radius 3 is 2.18 bits per heavy atom. The molecule has 4 N–H and O–H groups in total. The molecule has 0 aromatic carbocycles. The minimum Gasteiger partial charge on any atom is -0.391 e. The molecule has 66 valence electrons. The Bertz CT molecular complexity index is 150. The van der Waals surface area contributed by atoms with Gasteiger partial charge in [-0.15, -0.1) is 0 Å². The van der Waals surface area contributed by atoms with Crippen molar-refractivity contribution in [3.8, 4) is 0 Å². The lowest BCUT2D eigenvalue weighted by molar-refractivity contribution is -0.243. The van der Waals surface area contributed by atoms with E-state index in [1.807, 2.05) is 0 Å². The largest absolute Gasteiger partial charge is 0.391 e. The number of aliphatic hydroxyl groups excluding tert-OH is 3. The van der Waals surface area contributed by atoms with Crippen molar-refractivity contribution in [2.45, 2.75) is 31.0 Å². The summed E-state index contributed by atoms with van der Waals surface area (Å²) in [6.07, 6.45) is -3.25. The van der Waals surface area contributed by atoms with Crippen molar-refractivity contribution in [3.63, 3.8) is 0 Å². The average Bonchev–Trinajstić information content (AvgIpc) is 2.17. The van der Waals surface area contributed by atoms with Gasteiger partial charge in [-0.25, -0.2) is 0 Å². The van der Waals surface area contributed by atoms with Gasteiger partial charge in [0, 0.05) is 0 Å². The monoisotopic (exact) mass is 164 g/mol. The fourth-order valence-corrected chi connectivity index (χ4v) is 1.12. The Morgan fingerprint density at radius 2 is 2.00 bits per heavy atom. The second-order valence-corrected chi connectivity index (χ2v) is 2.76. The third-order valence-corrected chi connectivity index (χ3v) is 1.88. The van der Waals surface area contributed by atoms with Gasteiger partial charge in [0.1, 0.15) is 12.2 Å². The molecule has 0 bridgehead atoms. The predicted molar refractivity (Wildman–Crippen MR) is 34.6 cm³/mol. The van der Waals surface area contributed by atoms with Gasteiger partial charge in [0.05, 0.1) is 12.7 Å². The van der Waals surface area contributed by atoms with E-state index < -0.39 is 30.7 Å². The molecule has 1 heterocycles. The van der Waals surface area contributed by atoms with Crippen LogP contribution in [0.1, 0.15) is 6.92 Å². The zero-order chi connectivity index (χ0) is 8.65. The van der Waals surface area contributed by atoms with Gasteiger partial charge in [0.25, 0.3) is 0 Å². The van der Waals surface area contributed by atoms with Crippen LogP contribution < -0.4 is 0 Å². The molecule has 1 aliphatic rings. The fourth-order valence-electron chi connectivity index (χ4n) is 1.12. The predicted octanol–water partition coefficient (Wildman–Crippen LogP) is -2.19. The summed E-state index contributed by atoms with van der Waals surface area (Å²) in [5.74, 6) is -2.00. The van der Waals surface area contributed by atoms with Crippen molar-refractivity contribution in [1.82, 2.24) is 0 Å². The second kappa shape index (κ2) is 2.69. The van der Waals surface area contributed by atoms with E-state index >= 15 is 0 Å². The summed E-state index contributed by atoms with van der Waals surface area (Å²) in [6, 6.07) is 0. The molecule has 0 aliphatic carbocycles. The number of hydrogen-bond acceptors (Lipinski definition) is 5. The summed E-state index contributed by atoms with van der Waals surface area (Å²) in [4.78, 5) is 0. The molecule has 0 spiro atoms. The molecule has 5 heteroatoms. The minimum absolute atomic E-state index is 0.665. The van der Waals surface area contributed by atoms with Crippen LogP contribution in [-0.2, 0) is 4.74 Å². The van der Waals surface area contributed by atoms with Crippen LogP contribution in [0.15, 0.2) is 0 Å². The minimum atomic E-state index is -2.00. The molecule has 1 rings (SSSR count). The average molecular weight is 164 g/mol. The van der Waals surface area contributed by atoms with Gasteiger partial charge in [0.2, 0.25) is 5.79 Å². The van der Waals surface area contributed by atoms with E-state index in [0.29, 0.717) is 0 Å². The maximum Gasteiger partial charge on any atom is 0.219 e. The molecule has 5 nitrogen and oxygen atoms in total. The first-order chi connectivity index (χ1) is 5.01. The second-order valence-electron chi connectivity index (χ2n) is 2.76. The maximum absolute atomic E-state index is 9.23. The first-order valence-corrected chi connectivity index (χ1v) is 3.38. The smallest absolute Gasteiger partial charge is 0.219 e. The Morgan fingerprint density at radius 1 is 1.45 bits per heavy atom. The molecule has 11 heavy (non-hydrogen) atoms. The van der Waals surface area contributed by atoms with Crippen molar-refractivity contribution >= 4 is 0 Å². The Balaban J connectivity index is 2.73. The van der Waals surface area contributed by atoms with E-state index in [2.05, 4.69) is 0 Å². The van der Waals surface area contributed by atoms with Gasteiger partial charge < -0.3 is 25.2 Å². The number of rotatable bonds is 1. The van der Waals surface area contributed by atoms with Crippen LogP contribution in [0.3, 0.4) is 0 Å². The highest BCUT2D eigenvalue weighted by Gasteiger charge is 2.51. The SMILES string of the molecule is C[C@H]1O[C@@](O)(CO)[C@H](O)[C@H]1O. The zero-order valence-electron chi connectivity index (χ0n) is 6.14. The van der Waals surface area contributed by atoms with E-state index in [-0.39, 0.29) is 0 Å². The first kappa shape index (κ1) is 8.89. The van der Waals surface area contributed by atoms with E-state index in [1.54, 1.807) is 0 Å². The molecule has 1 saturated heterocycles. The van der Waals surface area contributed by atoms with Gasteiger partial charge in [-0.05, 0) is 6.92 Å². The number of aliphatic hydroxyl groups is 4. The van der Waals surface area contributed by atoms with Crippen LogP contribution in [0.5, 0.6) is 0 Å². The van der Waals surface area contributed by atoms with Gasteiger partial charge in [-0.3, -0.25) is 0 Å². The topological polar surface area (TPSA) is 90.2 Å². The fraction of sp³-hybridized carbons (Fsp3) is 1.00. The highest BCUT2D eigenvalue weighted by atomic mass is 16.7. The third kappa shape index (κ3) is 1.25. The lowest BCUT2D eigenvalue weighted by Crippen LogP contribution is -2.46. The van der Waals surface area contributed by atoms with E-state index in [4.69, 9.17) is 20.1 Å². The quantitative estimate of drug-likeness (QED) is 0.353. The van der Waals surface area contributed by atoms with Gasteiger partial charge in [-0.1, -0.05) is 0 Å². The van der Waals surface area contributed by atoms with Crippen molar-refractivity contribution in [3.05, 3.63) is 0 Å². The summed E-state index contributed by atoms with van der Waals surface area (Å²) in [5, 5.41) is 36.0. The highest BCUT2D eigenvalue weighted by molar-refractivity contribution is 4.93. The van der Waals surface area contributed by atoms with Gasteiger partial charge in [-0.2, -0.15) is 0 Å². The van der Waals surface area contributed by atoms with Crippen molar-refractivity contribution in [2.75, 3.05) is 6.61 Å². The Hall–Kier alpha value is -0.200. The molecule has 1 aliphatic heterocycles. The number of ether oxygens (including phenoxy) is 1. The van der Waals surface area contributed by atoms with E-state index in [0.717, 1.165) is 0 Å². The zero-order valence-corrected chi connectivity index (χ0v) is 6.14. The molecule has 4 atom stereocenters. The standard InChI is InChI=1S/C6H12O5/c1-3-4(8)5(9)6(10,2-7)11-3/h3-5,7-10H,2H2,1H3/t3-,4+,5-,6+/m1/s1. The van der Waals surface area contributed by atoms with Crippen LogP contribution in [0.25, 0.3) is 0 Å². The van der Waals surface area contributed by atoms with Gasteiger partial charge >= 0.3 is 0 Å². The molecule has 0 amide bonds. The van der Waals surface area contributed by atoms with Crippen LogP contribution in [0.2, 0.25) is 0 Å². The molecular formula is C6H12O5. The normalized spacial score (nSPS) is 51.5. The molecular weight excluding hydrogens is 152 g/mol. The Labute approximate surface area is 63.8 Å². The van der Waals surface area contributed by atoms with Crippen LogP contribution in [-0.4, -0.2) is 51.1 Å². The van der Waals surface area contributed by atoms with Gasteiger partial charge in [0.15, 0.2) is 0 Å². The summed E-state index contributed by atoms with van der Waals surface area (Å²) < 4.78 is 4.73. The van der Waals surface area contributed by atoms with Crippen LogP contribution in [0.4, 0.5) is 0 Å². The lowest BCUT2D eigenvalue weighted by Gasteiger charge is -2.22. The summed E-state index contributed by atoms with van der Waals surface area (Å²) >= 11 is 0. The molecule has 0 aromatic rings. The summed E-state index contributed by atoms with van der Waals surface area (Å²) in [6.45, 7) is 0.775. The number of hydrogen-bond donors (Lipinski definition) is 4. The summed E-state index contributed by atoms with van der Waals surface area (Å²) in [7, 11) is 0. The molecule has 0 saturated carbocycles. The molecule has 0 radical (unpaired) electrons. The van der Waals surface area contributed by atoms with Crippen LogP contribution >= 0.6 is 0 Å². The van der Waals surface area contributed by atoms with E-state index in [1.165, 1.54) is 6.92 Å². The van der Waals surface area contributed by atoms with Crippen LogP contribution in [0, 0.1) is 0 Å². The first-order valence-electron chi connectivity index (χ1n) is 3.38. The van der Waals surface area contributed by atoms with Crippen molar-refractivity contribution in [1.29, 1.82) is 0 Å². The van der Waals surface area contributed by atoms with Crippen molar-refractivity contribution < 1.29 is 25.2 Å². The van der Waals surface area contributed by atoms with E-state index in [9.17, 15) is 5.11 Å². The lowest BCUT2D eigenvalue weighted by atomic mass is 10.1. The molecule has 0 aromatic heterocycles. The maximum atomic E-state index is 9.23. The molecule has 1 fully saturated rings. The highest BCUT2D eigenvalue weighted by Crippen LogP contribution is 2.28. The summed E-state index contributed by atoms with van der Waals surface area (Å²) in [5.41, 5.74) is 0. The molecule has 0 unspecified atom stereocenters.